The van der Waals surface area contributed by atoms with E-state index < -0.39 is 0 Å². The van der Waals surface area contributed by atoms with Gasteiger partial charge in [-0.1, -0.05) is 94.8 Å². The summed E-state index contributed by atoms with van der Waals surface area (Å²) >= 11 is 3.53. The van der Waals surface area contributed by atoms with Gasteiger partial charge in [0.1, 0.15) is 0 Å². The van der Waals surface area contributed by atoms with Gasteiger partial charge in [-0.2, -0.15) is 0 Å². The number of carbonyl (C=O) groups excluding carboxylic acids is 1. The molecule has 0 fully saturated rings. The third kappa shape index (κ3) is 4.62. The highest BCUT2D eigenvalue weighted by Gasteiger charge is 2.22. The van der Waals surface area contributed by atoms with Gasteiger partial charge >= 0.3 is 0 Å². The molecule has 0 unspecified atom stereocenters. The van der Waals surface area contributed by atoms with Crippen LogP contribution in [0.3, 0.4) is 0 Å². The summed E-state index contributed by atoms with van der Waals surface area (Å²) in [7, 11) is 0. The molecular weight excluding hydrogens is 472 g/mol. The van der Waals surface area contributed by atoms with Crippen LogP contribution in [-0.4, -0.2) is 10.5 Å². The lowest BCUT2D eigenvalue weighted by Crippen LogP contribution is -2.29. The summed E-state index contributed by atoms with van der Waals surface area (Å²) in [5.41, 5.74) is 5.14. The van der Waals surface area contributed by atoms with Crippen LogP contribution in [0.25, 0.3) is 10.9 Å². The first kappa shape index (κ1) is 21.2. The molecular formula is C29H23BrN2O. The predicted molar refractivity (Wildman–Crippen MR) is 137 cm³/mol. The van der Waals surface area contributed by atoms with E-state index in [9.17, 15) is 4.79 Å². The molecule has 162 valence electrons. The normalized spacial score (nSPS) is 11.9. The lowest BCUT2D eigenvalue weighted by Gasteiger charge is -2.19. The highest BCUT2D eigenvalue weighted by atomic mass is 79.9. The molecule has 1 aromatic heterocycles. The highest BCUT2D eigenvalue weighted by molar-refractivity contribution is 9.10. The molecule has 1 N–H and O–H groups in total. The fraction of sp³-hybridized carbons (Fsp3) is 0.0690. The second-order valence-corrected chi connectivity index (χ2v) is 8.95. The molecule has 1 atom stereocenters. The van der Waals surface area contributed by atoms with Gasteiger partial charge in [-0.25, -0.2) is 0 Å². The van der Waals surface area contributed by atoms with Crippen molar-refractivity contribution in [3.63, 3.8) is 0 Å². The number of nitrogens with one attached hydrogen (secondary N) is 1. The number of carbonyl (C=O) groups is 1. The van der Waals surface area contributed by atoms with Crippen molar-refractivity contribution in [1.29, 1.82) is 0 Å². The number of aromatic nitrogens is 1. The van der Waals surface area contributed by atoms with E-state index in [0.717, 1.165) is 33.0 Å². The van der Waals surface area contributed by atoms with Crippen LogP contribution in [0, 0.1) is 0 Å². The largest absolute Gasteiger partial charge is 0.343 e. The third-order valence-electron chi connectivity index (χ3n) is 5.84. The van der Waals surface area contributed by atoms with Crippen molar-refractivity contribution in [3.8, 4) is 0 Å². The molecule has 5 aromatic rings. The molecule has 1 amide bonds. The molecule has 4 heteroatoms. The Bertz CT molecular complexity index is 1380. The quantitative estimate of drug-likeness (QED) is 0.271. The van der Waals surface area contributed by atoms with Crippen molar-refractivity contribution in [2.24, 2.45) is 0 Å². The van der Waals surface area contributed by atoms with Gasteiger partial charge < -0.3 is 9.88 Å². The topological polar surface area (TPSA) is 34.0 Å². The van der Waals surface area contributed by atoms with Gasteiger partial charge in [0.15, 0.2) is 0 Å². The summed E-state index contributed by atoms with van der Waals surface area (Å²) < 4.78 is 3.27. The number of nitrogens with zero attached hydrogens (tertiary/aromatic N) is 1. The van der Waals surface area contributed by atoms with Crippen molar-refractivity contribution in [1.82, 2.24) is 9.88 Å². The fourth-order valence-corrected chi connectivity index (χ4v) is 4.48. The molecule has 5 rings (SSSR count). The fourth-order valence-electron chi connectivity index (χ4n) is 4.22. The smallest absolute Gasteiger partial charge is 0.252 e. The number of hydrogen-bond donors (Lipinski definition) is 1. The SMILES string of the molecule is O=C(N[C@H](c1ccc(Br)cc1)c1cn(Cc2ccccc2)c2ccccc12)c1ccccc1. The number of para-hydroxylation sites is 1. The summed E-state index contributed by atoms with van der Waals surface area (Å²) in [6.07, 6.45) is 2.18. The molecule has 0 aliphatic carbocycles. The maximum absolute atomic E-state index is 13.2. The van der Waals surface area contributed by atoms with E-state index in [0.29, 0.717) is 5.56 Å². The van der Waals surface area contributed by atoms with Crippen LogP contribution in [0.2, 0.25) is 0 Å². The average Bonchev–Trinajstić information content (AvgIpc) is 3.22. The van der Waals surface area contributed by atoms with Crippen LogP contribution in [0.4, 0.5) is 0 Å². The first-order chi connectivity index (χ1) is 16.2. The van der Waals surface area contributed by atoms with Crippen LogP contribution in [0.1, 0.15) is 33.1 Å². The predicted octanol–water partition coefficient (Wildman–Crippen LogP) is 6.97. The summed E-state index contributed by atoms with van der Waals surface area (Å²) in [5.74, 6) is -0.0941. The Balaban J connectivity index is 1.60. The van der Waals surface area contributed by atoms with Crippen LogP contribution in [0.5, 0.6) is 0 Å². The van der Waals surface area contributed by atoms with Gasteiger partial charge in [-0.05, 0) is 41.5 Å². The Morgan fingerprint density at radius 3 is 2.15 bits per heavy atom. The standard InChI is InChI=1S/C29H23BrN2O/c30-24-17-15-22(16-18-24)28(31-29(33)23-11-5-2-6-12-23)26-20-32(19-21-9-3-1-4-10-21)27-14-8-7-13-25(26)27/h1-18,20,28H,19H2,(H,31,33)/t28-/m1/s1. The highest BCUT2D eigenvalue weighted by Crippen LogP contribution is 2.32. The lowest BCUT2D eigenvalue weighted by molar-refractivity contribution is 0.0943. The molecule has 4 aromatic carbocycles. The molecule has 0 radical (unpaired) electrons. The molecule has 0 saturated carbocycles. The third-order valence-corrected chi connectivity index (χ3v) is 6.37. The molecule has 0 bridgehead atoms. The Labute approximate surface area is 201 Å². The van der Waals surface area contributed by atoms with Crippen molar-refractivity contribution in [2.45, 2.75) is 12.6 Å². The number of hydrogen-bond acceptors (Lipinski definition) is 1. The van der Waals surface area contributed by atoms with Gasteiger partial charge in [-0.15, -0.1) is 0 Å². The molecule has 0 aliphatic rings. The minimum atomic E-state index is -0.285. The molecule has 0 saturated heterocycles. The lowest BCUT2D eigenvalue weighted by atomic mass is 9.97. The first-order valence-corrected chi connectivity index (χ1v) is 11.7. The number of rotatable bonds is 6. The number of fused-ring (bicyclic) bond motifs is 1. The van der Waals surface area contributed by atoms with Crippen LogP contribution >= 0.6 is 15.9 Å². The molecule has 1 heterocycles. The van der Waals surface area contributed by atoms with Crippen molar-refractivity contribution < 1.29 is 4.79 Å². The van der Waals surface area contributed by atoms with E-state index in [4.69, 9.17) is 0 Å². The van der Waals surface area contributed by atoms with E-state index in [1.807, 2.05) is 48.5 Å². The van der Waals surface area contributed by atoms with Gasteiger partial charge in [0.05, 0.1) is 6.04 Å². The maximum atomic E-state index is 13.2. The molecule has 0 spiro atoms. The van der Waals surface area contributed by atoms with Crippen LogP contribution in [-0.2, 0) is 6.54 Å². The summed E-state index contributed by atoms with van der Waals surface area (Å²) in [4.78, 5) is 13.2. The number of benzene rings is 4. The monoisotopic (exact) mass is 494 g/mol. The number of amides is 1. The second kappa shape index (κ2) is 9.47. The van der Waals surface area contributed by atoms with Crippen molar-refractivity contribution in [2.75, 3.05) is 0 Å². The Kier molecular flexibility index (Phi) is 6.09. The van der Waals surface area contributed by atoms with E-state index in [1.165, 1.54) is 5.56 Å². The van der Waals surface area contributed by atoms with E-state index >= 15 is 0 Å². The minimum absolute atomic E-state index is 0.0941. The van der Waals surface area contributed by atoms with Crippen LogP contribution < -0.4 is 5.32 Å². The summed E-state index contributed by atoms with van der Waals surface area (Å²) in [5, 5.41) is 4.42. The number of halogens is 1. The van der Waals surface area contributed by atoms with Crippen LogP contribution in [0.15, 0.2) is 120 Å². The van der Waals surface area contributed by atoms with Crippen molar-refractivity contribution >= 4 is 32.7 Å². The second-order valence-electron chi connectivity index (χ2n) is 8.04. The first-order valence-electron chi connectivity index (χ1n) is 10.9. The zero-order valence-electron chi connectivity index (χ0n) is 18.0. The van der Waals surface area contributed by atoms with Crippen molar-refractivity contribution in [3.05, 3.63) is 142 Å². The van der Waals surface area contributed by atoms with Gasteiger partial charge in [0.2, 0.25) is 0 Å². The average molecular weight is 495 g/mol. The van der Waals surface area contributed by atoms with Gasteiger partial charge in [0.25, 0.3) is 5.91 Å². The maximum Gasteiger partial charge on any atom is 0.252 e. The summed E-state index contributed by atoms with van der Waals surface area (Å²) in [6.45, 7) is 0.765. The van der Waals surface area contributed by atoms with Gasteiger partial charge in [0, 0.05) is 39.2 Å². The van der Waals surface area contributed by atoms with Gasteiger partial charge in [-0.3, -0.25) is 4.79 Å². The zero-order valence-corrected chi connectivity index (χ0v) is 19.6. The van der Waals surface area contributed by atoms with E-state index in [1.54, 1.807) is 0 Å². The van der Waals surface area contributed by atoms with E-state index in [-0.39, 0.29) is 11.9 Å². The Morgan fingerprint density at radius 1 is 0.788 bits per heavy atom. The summed E-state index contributed by atoms with van der Waals surface area (Å²) in [6, 6.07) is 36.0. The Hall–Kier alpha value is -3.63. The minimum Gasteiger partial charge on any atom is -0.343 e. The Morgan fingerprint density at radius 2 is 1.42 bits per heavy atom. The molecule has 33 heavy (non-hydrogen) atoms. The zero-order chi connectivity index (χ0) is 22.6. The molecule has 0 aliphatic heterocycles. The molecule has 3 nitrogen and oxygen atoms in total. The van der Waals surface area contributed by atoms with E-state index in [2.05, 4.69) is 92.7 Å².